The summed E-state index contributed by atoms with van der Waals surface area (Å²) in [5.74, 6) is 1.89. The third-order valence-electron chi connectivity index (χ3n) is 12.6. The summed E-state index contributed by atoms with van der Waals surface area (Å²) in [4.78, 5) is 19.4. The van der Waals surface area contributed by atoms with Crippen LogP contribution in [0.25, 0.3) is 132 Å². The Hall–Kier alpha value is -8.34. The third kappa shape index (κ3) is 5.47. The van der Waals surface area contributed by atoms with Gasteiger partial charge in [-0.15, -0.1) is 0 Å². The Bertz CT molecular complexity index is 3890. The van der Waals surface area contributed by atoms with Crippen molar-refractivity contribution in [3.63, 3.8) is 0 Å². The lowest BCUT2D eigenvalue weighted by atomic mass is 9.86. The molecule has 0 radical (unpaired) electrons. The van der Waals surface area contributed by atoms with E-state index in [0.29, 0.717) is 17.5 Å². The molecule has 0 aliphatic carbocycles. The van der Waals surface area contributed by atoms with Crippen molar-refractivity contribution in [1.29, 1.82) is 0 Å². The maximum atomic E-state index is 5.01. The summed E-state index contributed by atoms with van der Waals surface area (Å²) in [5, 5.41) is 16.5. The molecule has 2 heterocycles. The Morgan fingerprint density at radius 3 is 1.27 bits per heavy atom. The van der Waals surface area contributed by atoms with E-state index in [0.717, 1.165) is 38.7 Å². The van der Waals surface area contributed by atoms with Crippen LogP contribution < -0.4 is 0 Å². The second kappa shape index (κ2) is 13.6. The van der Waals surface area contributed by atoms with Crippen LogP contribution >= 0.6 is 0 Å². The molecule has 0 N–H and O–H groups in total. The van der Waals surface area contributed by atoms with E-state index in [1.807, 2.05) is 54.7 Å². The minimum absolute atomic E-state index is 0.625. The fourth-order valence-electron chi connectivity index (χ4n) is 9.68. The van der Waals surface area contributed by atoms with Crippen molar-refractivity contribution in [1.82, 2.24) is 19.9 Å². The molecule has 13 aromatic rings. The first-order valence-corrected chi connectivity index (χ1v) is 21.0. The standard InChI is InChI=1S/C58H34N4/c1-2-8-41(9-3-1)56-60-57(62-58(61-56)45-29-30-51-43(32-45)13-7-31-59-51)42-26-21-36(22-27-42)35-17-19-37(20-18-35)46-33-44-28-25-40-11-5-15-48-47-14-4-10-38-23-24-39-12-6-16-49(54(39)52(38)47)50(34-46)55(44)53(40)48/h1-34H. The predicted octanol–water partition coefficient (Wildman–Crippen LogP) is 15.1. The molecular weight excluding hydrogens is 753 g/mol. The van der Waals surface area contributed by atoms with Crippen molar-refractivity contribution in [2.24, 2.45) is 0 Å². The second-order valence-electron chi connectivity index (χ2n) is 16.2. The Morgan fingerprint density at radius 1 is 0.242 bits per heavy atom. The van der Waals surface area contributed by atoms with Gasteiger partial charge in [-0.25, -0.2) is 15.0 Å². The topological polar surface area (TPSA) is 51.6 Å². The fourth-order valence-corrected chi connectivity index (χ4v) is 9.68. The van der Waals surface area contributed by atoms with Crippen LogP contribution in [0.2, 0.25) is 0 Å². The SMILES string of the molecule is c1ccc(-c2nc(-c3ccc(-c4ccc(-c5cc6ccc7cccc8c9cccc%10ccc%11cccc(c(c5)c6c78)c%11c%109)cc4)cc3)nc(-c3ccc4ncccc4c3)n2)cc1. The van der Waals surface area contributed by atoms with E-state index in [-0.39, 0.29) is 0 Å². The van der Waals surface area contributed by atoms with Gasteiger partial charge >= 0.3 is 0 Å². The molecule has 0 unspecified atom stereocenters. The van der Waals surface area contributed by atoms with E-state index in [9.17, 15) is 0 Å². The molecule has 0 bridgehead atoms. The van der Waals surface area contributed by atoms with Crippen LogP contribution in [0.15, 0.2) is 206 Å². The average Bonchev–Trinajstić information content (AvgIpc) is 3.35. The molecule has 11 aromatic carbocycles. The Balaban J connectivity index is 0.906. The Labute approximate surface area is 356 Å². The number of nitrogens with zero attached hydrogens (tertiary/aromatic N) is 4. The van der Waals surface area contributed by atoms with Gasteiger partial charge in [0, 0.05) is 28.3 Å². The molecular formula is C58H34N4. The van der Waals surface area contributed by atoms with Crippen molar-refractivity contribution in [3.8, 4) is 56.4 Å². The molecule has 0 aliphatic heterocycles. The molecule has 286 valence electrons. The lowest BCUT2D eigenvalue weighted by Crippen LogP contribution is -2.00. The maximum Gasteiger partial charge on any atom is 0.164 e. The van der Waals surface area contributed by atoms with Crippen molar-refractivity contribution in [2.75, 3.05) is 0 Å². The number of fused-ring (bicyclic) bond motifs is 3. The van der Waals surface area contributed by atoms with Crippen molar-refractivity contribution < 1.29 is 0 Å². The normalized spacial score (nSPS) is 11.9. The Morgan fingerprint density at radius 2 is 0.677 bits per heavy atom. The molecule has 0 saturated heterocycles. The first-order valence-electron chi connectivity index (χ1n) is 21.0. The summed E-state index contributed by atoms with van der Waals surface area (Å²) in [5.41, 5.74) is 8.37. The van der Waals surface area contributed by atoms with Gasteiger partial charge in [-0.05, 0) is 123 Å². The second-order valence-corrected chi connectivity index (χ2v) is 16.2. The quantitative estimate of drug-likeness (QED) is 0.163. The molecule has 4 nitrogen and oxygen atoms in total. The minimum Gasteiger partial charge on any atom is -0.256 e. The first kappa shape index (κ1) is 34.5. The van der Waals surface area contributed by atoms with Gasteiger partial charge in [0.2, 0.25) is 0 Å². The first-order chi connectivity index (χ1) is 30.7. The molecule has 62 heavy (non-hydrogen) atoms. The molecule has 13 rings (SSSR count). The summed E-state index contributed by atoms with van der Waals surface area (Å²) in [6, 6.07) is 72.0. The van der Waals surface area contributed by atoms with Crippen LogP contribution in [0, 0.1) is 0 Å². The van der Waals surface area contributed by atoms with E-state index in [4.69, 9.17) is 15.0 Å². The highest BCUT2D eigenvalue weighted by molar-refractivity contribution is 6.37. The van der Waals surface area contributed by atoms with Gasteiger partial charge in [0.25, 0.3) is 0 Å². The van der Waals surface area contributed by atoms with Crippen LogP contribution in [0.4, 0.5) is 0 Å². The predicted molar refractivity (Wildman–Crippen MR) is 259 cm³/mol. The number of hydrogen-bond acceptors (Lipinski definition) is 4. The van der Waals surface area contributed by atoms with Crippen LogP contribution in [0.5, 0.6) is 0 Å². The number of pyridine rings is 1. The highest BCUT2D eigenvalue weighted by atomic mass is 15.0. The number of hydrogen-bond donors (Lipinski definition) is 0. The number of benzene rings is 10. The fraction of sp³-hybridized carbons (Fsp3) is 0. The summed E-state index contributed by atoms with van der Waals surface area (Å²) in [6.45, 7) is 0. The van der Waals surface area contributed by atoms with Crippen molar-refractivity contribution >= 4 is 75.5 Å². The van der Waals surface area contributed by atoms with Crippen LogP contribution in [0.1, 0.15) is 0 Å². The smallest absolute Gasteiger partial charge is 0.164 e. The summed E-state index contributed by atoms with van der Waals surface area (Å²) >= 11 is 0. The molecule has 0 aliphatic rings. The highest BCUT2D eigenvalue weighted by Gasteiger charge is 2.17. The molecule has 4 heteroatoms. The zero-order valence-electron chi connectivity index (χ0n) is 33.4. The number of aromatic nitrogens is 4. The van der Waals surface area contributed by atoms with Gasteiger partial charge in [0.05, 0.1) is 5.52 Å². The van der Waals surface area contributed by atoms with E-state index >= 15 is 0 Å². The minimum atomic E-state index is 0.625. The highest BCUT2D eigenvalue weighted by Crippen LogP contribution is 2.44. The molecule has 0 saturated carbocycles. The van der Waals surface area contributed by atoms with Gasteiger partial charge in [-0.2, -0.15) is 0 Å². The van der Waals surface area contributed by atoms with Gasteiger partial charge < -0.3 is 0 Å². The van der Waals surface area contributed by atoms with Crippen LogP contribution in [-0.2, 0) is 0 Å². The van der Waals surface area contributed by atoms with Crippen LogP contribution in [-0.4, -0.2) is 19.9 Å². The summed E-state index contributed by atoms with van der Waals surface area (Å²) in [7, 11) is 0. The van der Waals surface area contributed by atoms with Crippen LogP contribution in [0.3, 0.4) is 0 Å². The lowest BCUT2D eigenvalue weighted by molar-refractivity contribution is 1.07. The zero-order chi connectivity index (χ0) is 40.7. The maximum absolute atomic E-state index is 5.01. The molecule has 2 aromatic heterocycles. The van der Waals surface area contributed by atoms with E-state index in [1.54, 1.807) is 0 Å². The van der Waals surface area contributed by atoms with Gasteiger partial charge in [0.15, 0.2) is 17.5 Å². The largest absolute Gasteiger partial charge is 0.256 e. The molecule has 0 spiro atoms. The van der Waals surface area contributed by atoms with Crippen molar-refractivity contribution in [2.45, 2.75) is 0 Å². The van der Waals surface area contributed by atoms with E-state index < -0.39 is 0 Å². The monoisotopic (exact) mass is 786 g/mol. The van der Waals surface area contributed by atoms with E-state index in [1.165, 1.54) is 75.8 Å². The molecule has 0 amide bonds. The average molecular weight is 787 g/mol. The van der Waals surface area contributed by atoms with E-state index in [2.05, 4.69) is 157 Å². The third-order valence-corrected chi connectivity index (χ3v) is 12.6. The Kier molecular flexibility index (Phi) is 7.57. The zero-order valence-corrected chi connectivity index (χ0v) is 33.4. The summed E-state index contributed by atoms with van der Waals surface area (Å²) < 4.78 is 0. The van der Waals surface area contributed by atoms with Crippen molar-refractivity contribution in [3.05, 3.63) is 206 Å². The lowest BCUT2D eigenvalue weighted by Gasteiger charge is -2.17. The summed E-state index contributed by atoms with van der Waals surface area (Å²) in [6.07, 6.45) is 1.81. The van der Waals surface area contributed by atoms with Gasteiger partial charge in [0.1, 0.15) is 0 Å². The molecule has 0 atom stereocenters. The van der Waals surface area contributed by atoms with Gasteiger partial charge in [-0.3, -0.25) is 4.98 Å². The molecule has 0 fully saturated rings. The number of rotatable bonds is 5. The van der Waals surface area contributed by atoms with Gasteiger partial charge in [-0.1, -0.05) is 164 Å².